The second kappa shape index (κ2) is 9.53. The topological polar surface area (TPSA) is 109 Å². The van der Waals surface area contributed by atoms with E-state index < -0.39 is 11.8 Å². The minimum atomic E-state index is -0.559. The third-order valence-corrected chi connectivity index (χ3v) is 3.74. The number of amides is 2. The molecule has 8 heteroatoms. The summed E-state index contributed by atoms with van der Waals surface area (Å²) in [6, 6.07) is 18.1. The van der Waals surface area contributed by atoms with Gasteiger partial charge in [-0.3, -0.25) is 20.4 Å². The van der Waals surface area contributed by atoms with E-state index >= 15 is 0 Å². The molecule has 0 saturated heterocycles. The van der Waals surface area contributed by atoms with Crippen molar-refractivity contribution in [1.29, 1.82) is 5.26 Å². The highest BCUT2D eigenvalue weighted by molar-refractivity contribution is 5.93. The number of hydrogen-bond donors (Lipinski definition) is 2. The molecule has 0 bridgehead atoms. The summed E-state index contributed by atoms with van der Waals surface area (Å²) in [4.78, 5) is 23.6. The predicted molar refractivity (Wildman–Crippen MR) is 106 cm³/mol. The maximum atomic E-state index is 11.8. The normalized spacial score (nSPS) is 10.3. The zero-order valence-corrected chi connectivity index (χ0v) is 15.3. The summed E-state index contributed by atoms with van der Waals surface area (Å²) in [5, 5.41) is 13.2. The van der Waals surface area contributed by atoms with Crippen LogP contribution in [0.1, 0.15) is 11.1 Å². The Morgan fingerprint density at radius 3 is 2.66 bits per heavy atom. The maximum Gasteiger partial charge on any atom is 0.276 e. The van der Waals surface area contributed by atoms with Crippen LogP contribution in [-0.4, -0.2) is 28.2 Å². The van der Waals surface area contributed by atoms with E-state index in [0.717, 1.165) is 11.3 Å². The van der Waals surface area contributed by atoms with Gasteiger partial charge in [-0.2, -0.15) is 10.4 Å². The van der Waals surface area contributed by atoms with Crippen LogP contribution in [-0.2, 0) is 9.59 Å². The van der Waals surface area contributed by atoms with Gasteiger partial charge in [-0.05, 0) is 30.3 Å². The highest BCUT2D eigenvalue weighted by Crippen LogP contribution is 2.16. The Morgan fingerprint density at radius 1 is 1.10 bits per heavy atom. The van der Waals surface area contributed by atoms with E-state index in [1.165, 1.54) is 6.08 Å². The number of nitriles is 1. The predicted octanol–water partition coefficient (Wildman–Crippen LogP) is 1.98. The molecule has 2 N–H and O–H groups in total. The van der Waals surface area contributed by atoms with E-state index in [4.69, 9.17) is 10.00 Å². The zero-order valence-electron chi connectivity index (χ0n) is 15.3. The van der Waals surface area contributed by atoms with E-state index in [2.05, 4.69) is 16.0 Å². The first kappa shape index (κ1) is 19.4. The number of nitrogens with one attached hydrogen (secondary N) is 2. The molecule has 2 amide bonds. The van der Waals surface area contributed by atoms with Gasteiger partial charge >= 0.3 is 0 Å². The standard InChI is InChI=1S/C21H17N5O3/c22-12-17-6-4-5-9-19(17)29-15-21(28)25-24-20(27)11-10-16-13-23-26(14-16)18-7-2-1-3-8-18/h1-11,13-14H,15H2,(H,24,27)(H,25,28)/b11-10+. The van der Waals surface area contributed by atoms with Crippen molar-refractivity contribution in [1.82, 2.24) is 20.6 Å². The molecule has 0 aliphatic carbocycles. The average molecular weight is 387 g/mol. The minimum absolute atomic E-state index is 0.298. The molecule has 0 aliphatic heterocycles. The van der Waals surface area contributed by atoms with Gasteiger partial charge in [-0.15, -0.1) is 0 Å². The number of rotatable bonds is 6. The van der Waals surface area contributed by atoms with Crippen molar-refractivity contribution in [3.63, 3.8) is 0 Å². The fourth-order valence-corrected chi connectivity index (χ4v) is 2.35. The number of hydrogen-bond acceptors (Lipinski definition) is 5. The second-order valence-electron chi connectivity index (χ2n) is 5.82. The van der Waals surface area contributed by atoms with Crippen LogP contribution in [0.3, 0.4) is 0 Å². The van der Waals surface area contributed by atoms with Crippen molar-refractivity contribution < 1.29 is 14.3 Å². The van der Waals surface area contributed by atoms with Gasteiger partial charge < -0.3 is 4.74 Å². The Labute approximate surface area is 167 Å². The van der Waals surface area contributed by atoms with Crippen LogP contribution >= 0.6 is 0 Å². The molecule has 1 heterocycles. The lowest BCUT2D eigenvalue weighted by Gasteiger charge is -2.08. The van der Waals surface area contributed by atoms with Gasteiger partial charge in [0.2, 0.25) is 0 Å². The van der Waals surface area contributed by atoms with Gasteiger partial charge in [-0.25, -0.2) is 4.68 Å². The third-order valence-electron chi connectivity index (χ3n) is 3.74. The van der Waals surface area contributed by atoms with Gasteiger partial charge in [0.05, 0.1) is 17.4 Å². The molecule has 144 valence electrons. The number of ether oxygens (including phenoxy) is 1. The van der Waals surface area contributed by atoms with Gasteiger partial charge in [-0.1, -0.05) is 30.3 Å². The van der Waals surface area contributed by atoms with E-state index in [-0.39, 0.29) is 6.61 Å². The largest absolute Gasteiger partial charge is 0.482 e. The molecule has 3 rings (SSSR count). The number of benzene rings is 2. The van der Waals surface area contributed by atoms with E-state index in [1.54, 1.807) is 47.4 Å². The van der Waals surface area contributed by atoms with Gasteiger partial charge in [0.1, 0.15) is 11.8 Å². The Balaban J connectivity index is 1.45. The Bertz CT molecular complexity index is 1070. The fourth-order valence-electron chi connectivity index (χ4n) is 2.35. The highest BCUT2D eigenvalue weighted by Gasteiger charge is 2.07. The first-order valence-electron chi connectivity index (χ1n) is 8.64. The molecule has 0 radical (unpaired) electrons. The van der Waals surface area contributed by atoms with E-state index in [9.17, 15) is 9.59 Å². The molecule has 29 heavy (non-hydrogen) atoms. The molecular weight excluding hydrogens is 370 g/mol. The van der Waals surface area contributed by atoms with Crippen LogP contribution in [0.15, 0.2) is 73.1 Å². The van der Waals surface area contributed by atoms with Crippen molar-refractivity contribution in [3.05, 3.63) is 84.2 Å². The third kappa shape index (κ3) is 5.55. The summed E-state index contributed by atoms with van der Waals surface area (Å²) in [6.07, 6.45) is 6.25. The number of carbonyl (C=O) groups is 2. The Morgan fingerprint density at radius 2 is 1.86 bits per heavy atom. The minimum Gasteiger partial charge on any atom is -0.482 e. The van der Waals surface area contributed by atoms with Gasteiger partial charge in [0.25, 0.3) is 11.8 Å². The number of nitrogens with zero attached hydrogens (tertiary/aromatic N) is 3. The second-order valence-corrected chi connectivity index (χ2v) is 5.82. The maximum absolute atomic E-state index is 11.8. The fraction of sp³-hybridized carbons (Fsp3) is 0.0476. The lowest BCUT2D eigenvalue weighted by molar-refractivity contribution is -0.128. The summed E-state index contributed by atoms with van der Waals surface area (Å²) in [5.41, 5.74) is 6.45. The lowest BCUT2D eigenvalue weighted by atomic mass is 10.2. The number of hydrazine groups is 1. The summed E-state index contributed by atoms with van der Waals surface area (Å²) < 4.78 is 6.97. The lowest BCUT2D eigenvalue weighted by Crippen LogP contribution is -2.43. The Kier molecular flexibility index (Phi) is 6.37. The van der Waals surface area contributed by atoms with E-state index in [0.29, 0.717) is 11.3 Å². The van der Waals surface area contributed by atoms with Crippen LogP contribution in [0.4, 0.5) is 0 Å². The zero-order chi connectivity index (χ0) is 20.5. The molecule has 0 fully saturated rings. The number of aromatic nitrogens is 2. The monoisotopic (exact) mass is 387 g/mol. The van der Waals surface area contributed by atoms with Crippen molar-refractivity contribution in [2.24, 2.45) is 0 Å². The summed E-state index contributed by atoms with van der Waals surface area (Å²) in [7, 11) is 0. The van der Waals surface area contributed by atoms with Crippen molar-refractivity contribution in [2.45, 2.75) is 0 Å². The first-order valence-corrected chi connectivity index (χ1v) is 8.64. The average Bonchev–Trinajstić information content (AvgIpc) is 3.24. The SMILES string of the molecule is N#Cc1ccccc1OCC(=O)NNC(=O)/C=C/c1cnn(-c2ccccc2)c1. The molecule has 0 aliphatic rings. The van der Waals surface area contributed by atoms with Crippen LogP contribution in [0.25, 0.3) is 11.8 Å². The first-order chi connectivity index (χ1) is 14.2. The molecule has 0 saturated carbocycles. The molecule has 0 unspecified atom stereocenters. The van der Waals surface area contributed by atoms with Gasteiger partial charge in [0, 0.05) is 17.8 Å². The molecule has 0 spiro atoms. The van der Waals surface area contributed by atoms with Crippen LogP contribution < -0.4 is 15.6 Å². The summed E-state index contributed by atoms with van der Waals surface area (Å²) in [5.74, 6) is -0.772. The van der Waals surface area contributed by atoms with Crippen LogP contribution in [0, 0.1) is 11.3 Å². The smallest absolute Gasteiger partial charge is 0.276 e. The van der Waals surface area contributed by atoms with Crippen LogP contribution in [0.2, 0.25) is 0 Å². The van der Waals surface area contributed by atoms with Crippen LogP contribution in [0.5, 0.6) is 5.75 Å². The molecule has 8 nitrogen and oxygen atoms in total. The summed E-state index contributed by atoms with van der Waals surface area (Å²) in [6.45, 7) is -0.341. The number of para-hydroxylation sites is 2. The van der Waals surface area contributed by atoms with Crippen molar-refractivity contribution in [3.8, 4) is 17.5 Å². The number of carbonyl (C=O) groups excluding carboxylic acids is 2. The molecule has 1 aromatic heterocycles. The molecule has 3 aromatic rings. The molecule has 2 aromatic carbocycles. The molecule has 0 atom stereocenters. The van der Waals surface area contributed by atoms with Crippen molar-refractivity contribution >= 4 is 17.9 Å². The molecular formula is C21H17N5O3. The quantitative estimate of drug-likeness (QED) is 0.497. The van der Waals surface area contributed by atoms with E-state index in [1.807, 2.05) is 36.4 Å². The summed E-state index contributed by atoms with van der Waals surface area (Å²) >= 11 is 0. The highest BCUT2D eigenvalue weighted by atomic mass is 16.5. The Hall–Kier alpha value is -4.38. The van der Waals surface area contributed by atoms with Crippen molar-refractivity contribution in [2.75, 3.05) is 6.61 Å². The van der Waals surface area contributed by atoms with Gasteiger partial charge in [0.15, 0.2) is 6.61 Å².